The van der Waals surface area contributed by atoms with Crippen LogP contribution in [-0.4, -0.2) is 54.5 Å². The van der Waals surface area contributed by atoms with Crippen molar-refractivity contribution >= 4 is 5.91 Å². The highest BCUT2D eigenvalue weighted by molar-refractivity contribution is 5.78. The fourth-order valence-corrected chi connectivity index (χ4v) is 2.48. The highest BCUT2D eigenvalue weighted by Gasteiger charge is 2.29. The van der Waals surface area contributed by atoms with Crippen molar-refractivity contribution in [2.45, 2.75) is 32.9 Å². The van der Waals surface area contributed by atoms with E-state index in [1.807, 2.05) is 36.1 Å². The lowest BCUT2D eigenvalue weighted by molar-refractivity contribution is -0.137. The third kappa shape index (κ3) is 3.51. The summed E-state index contributed by atoms with van der Waals surface area (Å²) < 4.78 is 5.57. The second-order valence-corrected chi connectivity index (χ2v) is 5.76. The highest BCUT2D eigenvalue weighted by atomic mass is 16.5. The summed E-state index contributed by atoms with van der Waals surface area (Å²) in [7, 11) is 2.11. The van der Waals surface area contributed by atoms with Crippen molar-refractivity contribution in [3.63, 3.8) is 0 Å². The van der Waals surface area contributed by atoms with Gasteiger partial charge >= 0.3 is 0 Å². The minimum absolute atomic E-state index is 0.0670. The number of carbonyl (C=O) groups excluding carboxylic acids is 1. The molecule has 1 aromatic carbocycles. The Labute approximate surface area is 121 Å². The molecule has 1 aromatic rings. The molecule has 2 rings (SSSR count). The third-order valence-corrected chi connectivity index (χ3v) is 4.10. The maximum Gasteiger partial charge on any atom is 0.260 e. The quantitative estimate of drug-likeness (QED) is 0.845. The molecule has 0 bridgehead atoms. The van der Waals surface area contributed by atoms with Crippen molar-refractivity contribution in [3.05, 3.63) is 29.8 Å². The first-order valence-corrected chi connectivity index (χ1v) is 7.16. The molecule has 0 spiro atoms. The first kappa shape index (κ1) is 14.9. The zero-order valence-electron chi connectivity index (χ0n) is 12.8. The van der Waals surface area contributed by atoms with Gasteiger partial charge in [-0.1, -0.05) is 17.7 Å². The summed E-state index contributed by atoms with van der Waals surface area (Å²) in [5.41, 5.74) is 1.19. The molecule has 4 heteroatoms. The summed E-state index contributed by atoms with van der Waals surface area (Å²) in [6, 6.07) is 8.55. The van der Waals surface area contributed by atoms with E-state index in [9.17, 15) is 4.79 Å². The van der Waals surface area contributed by atoms with E-state index in [1.165, 1.54) is 5.56 Å². The van der Waals surface area contributed by atoms with Crippen LogP contribution >= 0.6 is 0 Å². The lowest BCUT2D eigenvalue weighted by Gasteiger charge is -2.42. The summed E-state index contributed by atoms with van der Waals surface area (Å²) in [5.74, 6) is 0.816. The van der Waals surface area contributed by atoms with Gasteiger partial charge in [0.05, 0.1) is 0 Å². The van der Waals surface area contributed by atoms with E-state index in [0.717, 1.165) is 18.8 Å². The Morgan fingerprint density at radius 1 is 1.20 bits per heavy atom. The van der Waals surface area contributed by atoms with Gasteiger partial charge in [-0.3, -0.25) is 9.69 Å². The van der Waals surface area contributed by atoms with Gasteiger partial charge in [-0.25, -0.2) is 0 Å². The number of benzene rings is 1. The predicted molar refractivity (Wildman–Crippen MR) is 79.9 cm³/mol. The number of amides is 1. The summed E-state index contributed by atoms with van der Waals surface area (Å²) in [6.07, 6.45) is 0. The van der Waals surface area contributed by atoms with E-state index in [2.05, 4.69) is 25.8 Å². The average molecular weight is 276 g/mol. The van der Waals surface area contributed by atoms with Crippen LogP contribution < -0.4 is 4.74 Å². The number of rotatable bonds is 3. The SMILES string of the molecule is Cc1ccc(OCC(=O)N2CC(C)N(C)C(C)C2)cc1. The maximum absolute atomic E-state index is 12.2. The van der Waals surface area contributed by atoms with Gasteiger partial charge < -0.3 is 9.64 Å². The molecule has 110 valence electrons. The number of aryl methyl sites for hydroxylation is 1. The van der Waals surface area contributed by atoms with Crippen LogP contribution in [-0.2, 0) is 4.79 Å². The van der Waals surface area contributed by atoms with Crippen molar-refractivity contribution in [3.8, 4) is 5.75 Å². The zero-order chi connectivity index (χ0) is 14.7. The first-order chi connectivity index (χ1) is 9.47. The molecule has 1 fully saturated rings. The summed E-state index contributed by atoms with van der Waals surface area (Å²) >= 11 is 0. The molecule has 1 saturated heterocycles. The van der Waals surface area contributed by atoms with Crippen LogP contribution in [0, 0.1) is 6.92 Å². The van der Waals surface area contributed by atoms with Crippen LogP contribution in [0.4, 0.5) is 0 Å². The lowest BCUT2D eigenvalue weighted by atomic mass is 10.1. The van der Waals surface area contributed by atoms with Crippen LogP contribution in [0.5, 0.6) is 5.75 Å². The molecule has 4 nitrogen and oxygen atoms in total. The Kier molecular flexibility index (Phi) is 4.65. The maximum atomic E-state index is 12.2. The Morgan fingerprint density at radius 2 is 1.75 bits per heavy atom. The summed E-state index contributed by atoms with van der Waals surface area (Å²) in [5, 5.41) is 0. The number of hydrogen-bond donors (Lipinski definition) is 0. The van der Waals surface area contributed by atoms with Crippen LogP contribution in [0.2, 0.25) is 0 Å². The molecule has 1 aliphatic rings. The van der Waals surface area contributed by atoms with Crippen molar-refractivity contribution < 1.29 is 9.53 Å². The molecule has 0 N–H and O–H groups in total. The highest BCUT2D eigenvalue weighted by Crippen LogP contribution is 2.15. The van der Waals surface area contributed by atoms with Gasteiger partial charge in [0, 0.05) is 25.2 Å². The van der Waals surface area contributed by atoms with Crippen molar-refractivity contribution in [1.29, 1.82) is 0 Å². The molecule has 0 radical (unpaired) electrons. The molecule has 1 heterocycles. The Hall–Kier alpha value is -1.55. The number of likely N-dealkylation sites (N-methyl/N-ethyl adjacent to an activating group) is 1. The molecule has 1 aliphatic heterocycles. The van der Waals surface area contributed by atoms with Crippen molar-refractivity contribution in [2.75, 3.05) is 26.7 Å². The number of ether oxygens (including phenoxy) is 1. The minimum atomic E-state index is 0.0670. The van der Waals surface area contributed by atoms with Gasteiger partial charge in [0.15, 0.2) is 6.61 Å². The smallest absolute Gasteiger partial charge is 0.260 e. The Morgan fingerprint density at radius 3 is 2.30 bits per heavy atom. The fraction of sp³-hybridized carbons (Fsp3) is 0.562. The Balaban J connectivity index is 1.87. The van der Waals surface area contributed by atoms with Crippen LogP contribution in [0.3, 0.4) is 0 Å². The second-order valence-electron chi connectivity index (χ2n) is 5.76. The second kappa shape index (κ2) is 6.27. The minimum Gasteiger partial charge on any atom is -0.484 e. The largest absolute Gasteiger partial charge is 0.484 e. The van der Waals surface area contributed by atoms with Crippen LogP contribution in [0.15, 0.2) is 24.3 Å². The zero-order valence-corrected chi connectivity index (χ0v) is 12.8. The van der Waals surface area contributed by atoms with E-state index in [4.69, 9.17) is 4.74 Å². The predicted octanol–water partition coefficient (Wildman–Crippen LogP) is 1.92. The number of nitrogens with zero attached hydrogens (tertiary/aromatic N) is 2. The van der Waals surface area contributed by atoms with E-state index >= 15 is 0 Å². The lowest BCUT2D eigenvalue weighted by Crippen LogP contribution is -2.57. The molecular formula is C16H24N2O2. The standard InChI is InChI=1S/C16H24N2O2/c1-12-5-7-15(8-6-12)20-11-16(19)18-9-13(2)17(4)14(3)10-18/h5-8,13-14H,9-11H2,1-4H3. The summed E-state index contributed by atoms with van der Waals surface area (Å²) in [4.78, 5) is 16.4. The normalized spacial score (nSPS) is 23.7. The van der Waals surface area contributed by atoms with Crippen molar-refractivity contribution in [2.24, 2.45) is 0 Å². The van der Waals surface area contributed by atoms with Gasteiger partial charge in [-0.15, -0.1) is 0 Å². The van der Waals surface area contributed by atoms with E-state index in [1.54, 1.807) is 0 Å². The number of carbonyl (C=O) groups is 1. The van der Waals surface area contributed by atoms with Gasteiger partial charge in [0.1, 0.15) is 5.75 Å². The van der Waals surface area contributed by atoms with Gasteiger partial charge in [-0.05, 0) is 40.0 Å². The average Bonchev–Trinajstić information content (AvgIpc) is 2.43. The fourth-order valence-electron chi connectivity index (χ4n) is 2.48. The molecule has 1 amide bonds. The van der Waals surface area contributed by atoms with Gasteiger partial charge in [0.25, 0.3) is 5.91 Å². The third-order valence-electron chi connectivity index (χ3n) is 4.10. The monoisotopic (exact) mass is 276 g/mol. The van der Waals surface area contributed by atoms with Crippen LogP contribution in [0.1, 0.15) is 19.4 Å². The van der Waals surface area contributed by atoms with E-state index in [-0.39, 0.29) is 12.5 Å². The van der Waals surface area contributed by atoms with E-state index in [0.29, 0.717) is 12.1 Å². The molecular weight excluding hydrogens is 252 g/mol. The summed E-state index contributed by atoms with van der Waals surface area (Å²) in [6.45, 7) is 8.00. The topological polar surface area (TPSA) is 32.8 Å². The van der Waals surface area contributed by atoms with Crippen molar-refractivity contribution in [1.82, 2.24) is 9.80 Å². The first-order valence-electron chi connectivity index (χ1n) is 7.16. The van der Waals surface area contributed by atoms with Gasteiger partial charge in [0.2, 0.25) is 0 Å². The molecule has 0 saturated carbocycles. The van der Waals surface area contributed by atoms with Gasteiger partial charge in [-0.2, -0.15) is 0 Å². The Bertz CT molecular complexity index is 446. The molecule has 2 atom stereocenters. The van der Waals surface area contributed by atoms with Crippen LogP contribution in [0.25, 0.3) is 0 Å². The molecule has 0 aliphatic carbocycles. The molecule has 2 unspecified atom stereocenters. The molecule has 0 aromatic heterocycles. The molecule has 20 heavy (non-hydrogen) atoms. The number of hydrogen-bond acceptors (Lipinski definition) is 3. The van der Waals surface area contributed by atoms with E-state index < -0.39 is 0 Å². The number of piperazine rings is 1.